The van der Waals surface area contributed by atoms with Crippen LogP contribution in [0.3, 0.4) is 0 Å². The molecule has 7 heavy (non-hydrogen) atoms. The molecular weight excluding hydrogens is 104 g/mol. The van der Waals surface area contributed by atoms with E-state index in [1.165, 1.54) is 0 Å². The van der Waals surface area contributed by atoms with Crippen LogP contribution in [-0.4, -0.2) is 5.75 Å². The molecule has 0 heterocycles. The van der Waals surface area contributed by atoms with Crippen LogP contribution >= 0.6 is 12.6 Å². The van der Waals surface area contributed by atoms with Crippen LogP contribution in [0.1, 0.15) is 13.8 Å². The minimum Gasteiger partial charge on any atom is -0.179 e. The molecule has 0 amide bonds. The Morgan fingerprint density at radius 3 is 2.43 bits per heavy atom. The van der Waals surface area contributed by atoms with Crippen molar-refractivity contribution >= 4 is 12.6 Å². The number of rotatable bonds is 2. The van der Waals surface area contributed by atoms with Gasteiger partial charge in [0, 0.05) is 0 Å². The van der Waals surface area contributed by atoms with Gasteiger partial charge in [-0.3, -0.25) is 0 Å². The number of thiol groups is 1. The van der Waals surface area contributed by atoms with Crippen LogP contribution in [0, 0.1) is 5.92 Å². The van der Waals surface area contributed by atoms with Crippen molar-refractivity contribution in [3.63, 3.8) is 0 Å². The van der Waals surface area contributed by atoms with E-state index in [1.807, 2.05) is 6.92 Å². The van der Waals surface area contributed by atoms with Crippen LogP contribution < -0.4 is 0 Å². The predicted octanol–water partition coefficient (Wildman–Crippen LogP) is 2.13. The smallest absolute Gasteiger partial charge is 0.00375 e. The molecule has 0 aromatic heterocycles. The third-order valence-electron chi connectivity index (χ3n) is 0.809. The first-order valence-corrected chi connectivity index (χ1v) is 3.18. The van der Waals surface area contributed by atoms with E-state index in [1.54, 1.807) is 0 Å². The lowest BCUT2D eigenvalue weighted by Crippen LogP contribution is -1.87. The van der Waals surface area contributed by atoms with Gasteiger partial charge in [-0.2, -0.15) is 12.6 Å². The summed E-state index contributed by atoms with van der Waals surface area (Å²) in [5, 5.41) is 0. The summed E-state index contributed by atoms with van der Waals surface area (Å²) < 4.78 is 0. The normalized spacial score (nSPS) is 15.3. The van der Waals surface area contributed by atoms with Gasteiger partial charge in [0.1, 0.15) is 0 Å². The first kappa shape index (κ1) is 7.09. The van der Waals surface area contributed by atoms with Gasteiger partial charge in [-0.15, -0.1) is 0 Å². The van der Waals surface area contributed by atoms with Crippen LogP contribution in [0.4, 0.5) is 0 Å². The van der Waals surface area contributed by atoms with E-state index in [-0.39, 0.29) is 0 Å². The number of allylic oxidation sites excluding steroid dienone is 2. The molecule has 0 spiro atoms. The molecule has 0 saturated carbocycles. The zero-order chi connectivity index (χ0) is 5.70. The summed E-state index contributed by atoms with van der Waals surface area (Å²) in [5.74, 6) is 1.58. The quantitative estimate of drug-likeness (QED) is 0.414. The highest BCUT2D eigenvalue weighted by molar-refractivity contribution is 7.80. The maximum atomic E-state index is 4.10. The van der Waals surface area contributed by atoms with Crippen LogP contribution in [0.2, 0.25) is 0 Å². The molecule has 0 bridgehead atoms. The fourth-order valence-electron chi connectivity index (χ4n) is 0.389. The minimum atomic E-state index is 0.633. The first-order chi connectivity index (χ1) is 3.31. The fraction of sp³-hybridized carbons (Fsp3) is 0.667. The highest BCUT2D eigenvalue weighted by Gasteiger charge is 1.86. The summed E-state index contributed by atoms with van der Waals surface area (Å²) in [7, 11) is 0. The predicted molar refractivity (Wildman–Crippen MR) is 37.8 cm³/mol. The molecule has 0 aliphatic heterocycles. The van der Waals surface area contributed by atoms with Crippen LogP contribution in [0.5, 0.6) is 0 Å². The standard InChI is InChI=1S/C6H12S/c1-3-4-6(2)5-7/h3-4,6-7H,5H2,1-2H3/b4-3-. The molecule has 0 radical (unpaired) electrons. The average Bonchev–Trinajstić information content (AvgIpc) is 1.68. The monoisotopic (exact) mass is 116 g/mol. The van der Waals surface area contributed by atoms with Crippen molar-refractivity contribution < 1.29 is 0 Å². The summed E-state index contributed by atoms with van der Waals surface area (Å²) in [4.78, 5) is 0. The minimum absolute atomic E-state index is 0.633. The molecule has 0 saturated heterocycles. The van der Waals surface area contributed by atoms with E-state index >= 15 is 0 Å². The lowest BCUT2D eigenvalue weighted by Gasteiger charge is -1.95. The second-order valence-electron chi connectivity index (χ2n) is 1.69. The van der Waals surface area contributed by atoms with Crippen LogP contribution in [-0.2, 0) is 0 Å². The van der Waals surface area contributed by atoms with Crippen molar-refractivity contribution in [1.82, 2.24) is 0 Å². The summed E-state index contributed by atoms with van der Waals surface area (Å²) in [6, 6.07) is 0. The van der Waals surface area contributed by atoms with Gasteiger partial charge in [0.25, 0.3) is 0 Å². The van der Waals surface area contributed by atoms with E-state index in [0.717, 1.165) is 5.75 Å². The molecule has 0 aliphatic carbocycles. The second kappa shape index (κ2) is 4.25. The van der Waals surface area contributed by atoms with Gasteiger partial charge < -0.3 is 0 Å². The van der Waals surface area contributed by atoms with Crippen molar-refractivity contribution in [3.05, 3.63) is 12.2 Å². The van der Waals surface area contributed by atoms with E-state index < -0.39 is 0 Å². The zero-order valence-corrected chi connectivity index (χ0v) is 5.78. The van der Waals surface area contributed by atoms with Gasteiger partial charge in [-0.1, -0.05) is 19.1 Å². The van der Waals surface area contributed by atoms with Crippen molar-refractivity contribution in [2.75, 3.05) is 5.75 Å². The Hall–Kier alpha value is 0.0900. The lowest BCUT2D eigenvalue weighted by atomic mass is 10.2. The molecular formula is C6H12S. The Bertz CT molecular complexity index is 57.2. The van der Waals surface area contributed by atoms with E-state index in [9.17, 15) is 0 Å². The molecule has 1 unspecified atom stereocenters. The van der Waals surface area contributed by atoms with Gasteiger partial charge >= 0.3 is 0 Å². The van der Waals surface area contributed by atoms with Gasteiger partial charge in [0.15, 0.2) is 0 Å². The molecule has 0 nitrogen and oxygen atoms in total. The fourth-order valence-corrected chi connectivity index (χ4v) is 0.511. The van der Waals surface area contributed by atoms with E-state index in [2.05, 4.69) is 31.7 Å². The third-order valence-corrected chi connectivity index (χ3v) is 1.38. The highest BCUT2D eigenvalue weighted by atomic mass is 32.1. The molecule has 0 fully saturated rings. The largest absolute Gasteiger partial charge is 0.179 e. The van der Waals surface area contributed by atoms with Crippen molar-refractivity contribution in [2.24, 2.45) is 5.92 Å². The summed E-state index contributed by atoms with van der Waals surface area (Å²) >= 11 is 4.10. The Balaban J connectivity index is 3.16. The van der Waals surface area contributed by atoms with Gasteiger partial charge in [0.2, 0.25) is 0 Å². The maximum absolute atomic E-state index is 4.10. The molecule has 0 aromatic carbocycles. The number of hydrogen-bond donors (Lipinski definition) is 1. The Morgan fingerprint density at radius 1 is 1.71 bits per heavy atom. The van der Waals surface area contributed by atoms with Crippen LogP contribution in [0.25, 0.3) is 0 Å². The molecule has 0 aromatic rings. The lowest BCUT2D eigenvalue weighted by molar-refractivity contribution is 0.848. The average molecular weight is 116 g/mol. The van der Waals surface area contributed by atoms with Crippen LogP contribution in [0.15, 0.2) is 12.2 Å². The summed E-state index contributed by atoms with van der Waals surface area (Å²) in [6.07, 6.45) is 4.20. The summed E-state index contributed by atoms with van der Waals surface area (Å²) in [5.41, 5.74) is 0. The molecule has 1 atom stereocenters. The van der Waals surface area contributed by atoms with Gasteiger partial charge in [0.05, 0.1) is 0 Å². The molecule has 0 N–H and O–H groups in total. The third kappa shape index (κ3) is 3.93. The number of hydrogen-bond acceptors (Lipinski definition) is 1. The van der Waals surface area contributed by atoms with Gasteiger partial charge in [-0.05, 0) is 18.6 Å². The first-order valence-electron chi connectivity index (χ1n) is 2.55. The molecule has 0 aliphatic rings. The van der Waals surface area contributed by atoms with Crippen molar-refractivity contribution in [3.8, 4) is 0 Å². The highest BCUT2D eigenvalue weighted by Crippen LogP contribution is 1.97. The van der Waals surface area contributed by atoms with E-state index in [4.69, 9.17) is 0 Å². The topological polar surface area (TPSA) is 0 Å². The SMILES string of the molecule is C/C=C\C(C)CS. The zero-order valence-electron chi connectivity index (χ0n) is 4.89. The Kier molecular flexibility index (Phi) is 4.31. The molecule has 0 rings (SSSR count). The molecule has 42 valence electrons. The van der Waals surface area contributed by atoms with Crippen molar-refractivity contribution in [2.45, 2.75) is 13.8 Å². The Labute approximate surface area is 51.0 Å². The summed E-state index contributed by atoms with van der Waals surface area (Å²) in [6.45, 7) is 4.17. The maximum Gasteiger partial charge on any atom is -0.00375 e. The van der Waals surface area contributed by atoms with E-state index in [0.29, 0.717) is 5.92 Å². The second-order valence-corrected chi connectivity index (χ2v) is 2.05. The van der Waals surface area contributed by atoms with Gasteiger partial charge in [-0.25, -0.2) is 0 Å². The van der Waals surface area contributed by atoms with Crippen molar-refractivity contribution in [1.29, 1.82) is 0 Å². The Morgan fingerprint density at radius 2 is 2.29 bits per heavy atom. The molecule has 1 heteroatoms.